The molecule has 0 aliphatic heterocycles. The third-order valence-corrected chi connectivity index (χ3v) is 3.97. The van der Waals surface area contributed by atoms with Crippen LogP contribution in [0.25, 0.3) is 0 Å². The van der Waals surface area contributed by atoms with Gasteiger partial charge in [0.1, 0.15) is 18.1 Å². The van der Waals surface area contributed by atoms with E-state index < -0.39 is 0 Å². The van der Waals surface area contributed by atoms with Gasteiger partial charge in [0.25, 0.3) is 5.91 Å². The van der Waals surface area contributed by atoms with E-state index in [1.807, 2.05) is 43.3 Å². The summed E-state index contributed by atoms with van der Waals surface area (Å²) in [5.74, 6) is 1.53. The number of methoxy groups -OCH3 is 1. The fourth-order valence-electron chi connectivity index (χ4n) is 2.49. The molecule has 2 aromatic rings. The van der Waals surface area contributed by atoms with Crippen molar-refractivity contribution in [1.82, 2.24) is 4.90 Å². The summed E-state index contributed by atoms with van der Waals surface area (Å²) in [6.45, 7) is 4.19. The summed E-state index contributed by atoms with van der Waals surface area (Å²) in [4.78, 5) is 14.3. The number of hydrogen-bond acceptors (Lipinski definition) is 4. The normalized spacial score (nSPS) is 10.4. The van der Waals surface area contributed by atoms with Crippen molar-refractivity contribution >= 4 is 5.91 Å². The number of rotatable bonds is 10. The summed E-state index contributed by atoms with van der Waals surface area (Å²) in [7, 11) is 3.43. The molecule has 0 atom stereocenters. The lowest BCUT2D eigenvalue weighted by molar-refractivity contribution is 0.0787. The summed E-state index contributed by atoms with van der Waals surface area (Å²) in [6.07, 6.45) is 0.764. The van der Waals surface area contributed by atoms with Crippen molar-refractivity contribution in [3.8, 4) is 11.5 Å². The van der Waals surface area contributed by atoms with Crippen molar-refractivity contribution in [2.24, 2.45) is 0 Å². The number of nitrogens with zero attached hydrogens (tertiary/aromatic N) is 1. The second-order valence-electron chi connectivity index (χ2n) is 6.06. The molecule has 0 spiro atoms. The SMILES string of the molecule is COCCOc1cccc(C(=O)N(C)CCCOc2ccccc2C)c1. The Morgan fingerprint density at radius 2 is 1.81 bits per heavy atom. The molecule has 1 amide bonds. The summed E-state index contributed by atoms with van der Waals surface area (Å²) in [5, 5.41) is 0. The van der Waals surface area contributed by atoms with Crippen LogP contribution < -0.4 is 9.47 Å². The van der Waals surface area contributed by atoms with E-state index in [0.717, 1.165) is 17.7 Å². The Kier molecular flexibility index (Phi) is 7.96. The number of carbonyl (C=O) groups is 1. The van der Waals surface area contributed by atoms with E-state index in [4.69, 9.17) is 14.2 Å². The molecule has 0 bridgehead atoms. The first-order chi connectivity index (χ1) is 12.6. The molecule has 2 rings (SSSR count). The molecule has 140 valence electrons. The number of hydrogen-bond donors (Lipinski definition) is 0. The van der Waals surface area contributed by atoms with Gasteiger partial charge in [0.2, 0.25) is 0 Å². The Morgan fingerprint density at radius 3 is 2.58 bits per heavy atom. The molecule has 0 saturated heterocycles. The van der Waals surface area contributed by atoms with Crippen LogP contribution in [0.15, 0.2) is 48.5 Å². The third-order valence-electron chi connectivity index (χ3n) is 3.97. The molecular formula is C21H27NO4. The van der Waals surface area contributed by atoms with Crippen LogP contribution >= 0.6 is 0 Å². The van der Waals surface area contributed by atoms with E-state index in [1.54, 1.807) is 31.2 Å². The molecule has 0 unspecified atom stereocenters. The van der Waals surface area contributed by atoms with Gasteiger partial charge >= 0.3 is 0 Å². The fraction of sp³-hybridized carbons (Fsp3) is 0.381. The quantitative estimate of drug-likeness (QED) is 0.610. The average molecular weight is 357 g/mol. The van der Waals surface area contributed by atoms with Gasteiger partial charge in [-0.1, -0.05) is 24.3 Å². The minimum Gasteiger partial charge on any atom is -0.493 e. The number of para-hydroxylation sites is 1. The summed E-state index contributed by atoms with van der Waals surface area (Å²) in [6, 6.07) is 15.1. The molecule has 0 fully saturated rings. The number of amides is 1. The lowest BCUT2D eigenvalue weighted by Gasteiger charge is -2.18. The molecule has 0 aliphatic carbocycles. The number of carbonyl (C=O) groups excluding carboxylic acids is 1. The van der Waals surface area contributed by atoms with Crippen LogP contribution in [0.2, 0.25) is 0 Å². The minimum atomic E-state index is -0.0296. The Bertz CT molecular complexity index is 702. The average Bonchev–Trinajstić information content (AvgIpc) is 2.66. The standard InChI is InChI=1S/C21H27NO4/c1-17-8-4-5-11-20(17)26-13-7-12-22(2)21(23)18-9-6-10-19(16-18)25-15-14-24-3/h4-6,8-11,16H,7,12-15H2,1-3H3. The predicted molar refractivity (Wildman–Crippen MR) is 102 cm³/mol. The number of benzene rings is 2. The largest absolute Gasteiger partial charge is 0.493 e. The van der Waals surface area contributed by atoms with E-state index >= 15 is 0 Å². The van der Waals surface area contributed by atoms with E-state index in [9.17, 15) is 4.79 Å². The van der Waals surface area contributed by atoms with Gasteiger partial charge < -0.3 is 19.1 Å². The maximum atomic E-state index is 12.6. The first-order valence-electron chi connectivity index (χ1n) is 8.77. The van der Waals surface area contributed by atoms with Crippen molar-refractivity contribution in [1.29, 1.82) is 0 Å². The van der Waals surface area contributed by atoms with Crippen LogP contribution in [0.4, 0.5) is 0 Å². The highest BCUT2D eigenvalue weighted by Crippen LogP contribution is 2.17. The molecule has 0 aliphatic rings. The van der Waals surface area contributed by atoms with Crippen LogP contribution in [0.5, 0.6) is 11.5 Å². The van der Waals surface area contributed by atoms with Crippen LogP contribution in [-0.4, -0.2) is 51.3 Å². The third kappa shape index (κ3) is 6.08. The molecular weight excluding hydrogens is 330 g/mol. The van der Waals surface area contributed by atoms with E-state index in [-0.39, 0.29) is 5.91 Å². The highest BCUT2D eigenvalue weighted by Gasteiger charge is 2.12. The van der Waals surface area contributed by atoms with Gasteiger partial charge in [-0.3, -0.25) is 4.79 Å². The van der Waals surface area contributed by atoms with E-state index in [1.165, 1.54) is 0 Å². The first-order valence-corrected chi connectivity index (χ1v) is 8.77. The van der Waals surface area contributed by atoms with Gasteiger partial charge in [-0.25, -0.2) is 0 Å². The highest BCUT2D eigenvalue weighted by atomic mass is 16.5. The molecule has 0 N–H and O–H groups in total. The van der Waals surface area contributed by atoms with Gasteiger partial charge in [-0.15, -0.1) is 0 Å². The van der Waals surface area contributed by atoms with Gasteiger partial charge in [0.05, 0.1) is 13.2 Å². The van der Waals surface area contributed by atoms with Crippen LogP contribution in [-0.2, 0) is 4.74 Å². The maximum Gasteiger partial charge on any atom is 0.253 e. The molecule has 0 radical (unpaired) electrons. The van der Waals surface area contributed by atoms with Gasteiger partial charge in [-0.05, 0) is 43.2 Å². The van der Waals surface area contributed by atoms with Crippen molar-refractivity contribution in [3.05, 3.63) is 59.7 Å². The zero-order valence-corrected chi connectivity index (χ0v) is 15.7. The topological polar surface area (TPSA) is 48.0 Å². The molecule has 5 nitrogen and oxygen atoms in total. The van der Waals surface area contributed by atoms with E-state index in [0.29, 0.717) is 37.7 Å². The fourth-order valence-corrected chi connectivity index (χ4v) is 2.49. The Labute approximate surface area is 155 Å². The molecule has 0 heterocycles. The van der Waals surface area contributed by atoms with Gasteiger partial charge in [-0.2, -0.15) is 0 Å². The zero-order chi connectivity index (χ0) is 18.8. The molecule has 5 heteroatoms. The van der Waals surface area contributed by atoms with Crippen molar-refractivity contribution in [2.45, 2.75) is 13.3 Å². The van der Waals surface area contributed by atoms with Crippen molar-refractivity contribution in [3.63, 3.8) is 0 Å². The molecule has 0 aromatic heterocycles. The lowest BCUT2D eigenvalue weighted by Crippen LogP contribution is -2.28. The van der Waals surface area contributed by atoms with Crippen LogP contribution in [0, 0.1) is 6.92 Å². The molecule has 2 aromatic carbocycles. The zero-order valence-electron chi connectivity index (χ0n) is 15.7. The maximum absolute atomic E-state index is 12.6. The summed E-state index contributed by atoms with van der Waals surface area (Å²) in [5.41, 5.74) is 1.73. The van der Waals surface area contributed by atoms with Crippen LogP contribution in [0.1, 0.15) is 22.3 Å². The predicted octanol–water partition coefficient (Wildman–Crippen LogP) is 3.56. The smallest absolute Gasteiger partial charge is 0.253 e. The Morgan fingerprint density at radius 1 is 1.00 bits per heavy atom. The first kappa shape index (κ1) is 19.8. The summed E-state index contributed by atoms with van der Waals surface area (Å²) < 4.78 is 16.3. The summed E-state index contributed by atoms with van der Waals surface area (Å²) >= 11 is 0. The molecule has 0 saturated carbocycles. The van der Waals surface area contributed by atoms with Gasteiger partial charge in [0, 0.05) is 26.3 Å². The lowest BCUT2D eigenvalue weighted by atomic mass is 10.2. The minimum absolute atomic E-state index is 0.0296. The Hall–Kier alpha value is -2.53. The van der Waals surface area contributed by atoms with Crippen LogP contribution in [0.3, 0.4) is 0 Å². The number of ether oxygens (including phenoxy) is 3. The van der Waals surface area contributed by atoms with Gasteiger partial charge in [0.15, 0.2) is 0 Å². The highest BCUT2D eigenvalue weighted by molar-refractivity contribution is 5.94. The Balaban J connectivity index is 1.79. The van der Waals surface area contributed by atoms with Crippen molar-refractivity contribution < 1.29 is 19.0 Å². The second kappa shape index (κ2) is 10.5. The second-order valence-corrected chi connectivity index (χ2v) is 6.06. The van der Waals surface area contributed by atoms with Crippen molar-refractivity contribution in [2.75, 3.05) is 40.5 Å². The monoisotopic (exact) mass is 357 g/mol. The number of aryl methyl sites for hydroxylation is 1. The molecule has 26 heavy (non-hydrogen) atoms. The van der Waals surface area contributed by atoms with E-state index in [2.05, 4.69) is 0 Å².